The lowest BCUT2D eigenvalue weighted by Gasteiger charge is -2.32. The number of nitrogens with one attached hydrogen (secondary N) is 1. The second kappa shape index (κ2) is 6.05. The number of hydrogen-bond donors (Lipinski definition) is 1. The first-order chi connectivity index (χ1) is 7.59. The highest BCUT2D eigenvalue weighted by molar-refractivity contribution is 5.85. The summed E-state index contributed by atoms with van der Waals surface area (Å²) in [7, 11) is 0. The lowest BCUT2D eigenvalue weighted by atomic mass is 9.99. The van der Waals surface area contributed by atoms with Gasteiger partial charge in [-0.3, -0.25) is 4.79 Å². The van der Waals surface area contributed by atoms with Gasteiger partial charge in [0.15, 0.2) is 0 Å². The lowest BCUT2D eigenvalue weighted by molar-refractivity contribution is -0.134. The van der Waals surface area contributed by atoms with Crippen molar-refractivity contribution in [1.29, 1.82) is 0 Å². The molecule has 0 radical (unpaired) electrons. The highest BCUT2D eigenvalue weighted by Gasteiger charge is 2.35. The Kier molecular flexibility index (Phi) is 5.26. The van der Waals surface area contributed by atoms with E-state index < -0.39 is 0 Å². The Bertz CT molecular complexity index is 262. The second-order valence-electron chi connectivity index (χ2n) is 5.86. The number of carbonyl (C=O) groups is 1. The van der Waals surface area contributed by atoms with Crippen LogP contribution in [0.2, 0.25) is 0 Å². The highest BCUT2D eigenvalue weighted by atomic mass is 35.5. The molecule has 0 saturated carbocycles. The van der Waals surface area contributed by atoms with Crippen molar-refractivity contribution < 1.29 is 4.79 Å². The molecule has 0 aromatic heterocycles. The molecular weight excluding hydrogens is 236 g/mol. The van der Waals surface area contributed by atoms with Crippen LogP contribution in [0.4, 0.5) is 0 Å². The van der Waals surface area contributed by atoms with Gasteiger partial charge >= 0.3 is 0 Å². The molecule has 100 valence electrons. The minimum atomic E-state index is 0. The van der Waals surface area contributed by atoms with Crippen LogP contribution in [0.25, 0.3) is 0 Å². The van der Waals surface area contributed by atoms with Crippen LogP contribution in [0.15, 0.2) is 0 Å². The predicted molar refractivity (Wildman–Crippen MR) is 72.5 cm³/mol. The van der Waals surface area contributed by atoms with Gasteiger partial charge in [0, 0.05) is 18.5 Å². The molecule has 1 atom stereocenters. The predicted octanol–water partition coefficient (Wildman–Crippen LogP) is 2.20. The third-order valence-electron chi connectivity index (χ3n) is 4.13. The zero-order valence-electron chi connectivity index (χ0n) is 11.0. The van der Waals surface area contributed by atoms with E-state index in [0.717, 1.165) is 44.8 Å². The van der Waals surface area contributed by atoms with Gasteiger partial charge in [0.2, 0.25) is 5.91 Å². The van der Waals surface area contributed by atoms with Crippen molar-refractivity contribution >= 4 is 18.3 Å². The molecular formula is C13H25ClN2O. The zero-order chi connectivity index (χ0) is 11.6. The Morgan fingerprint density at radius 1 is 1.47 bits per heavy atom. The van der Waals surface area contributed by atoms with Crippen molar-refractivity contribution in [1.82, 2.24) is 10.2 Å². The average Bonchev–Trinajstić information content (AvgIpc) is 2.83. The summed E-state index contributed by atoms with van der Waals surface area (Å²) in [5.74, 6) is 1.10. The maximum absolute atomic E-state index is 12.1. The fourth-order valence-electron chi connectivity index (χ4n) is 2.99. The maximum atomic E-state index is 12.1. The van der Waals surface area contributed by atoms with Crippen molar-refractivity contribution in [3.05, 3.63) is 0 Å². The Morgan fingerprint density at radius 2 is 2.24 bits per heavy atom. The molecule has 2 aliphatic heterocycles. The molecule has 3 nitrogen and oxygen atoms in total. The Balaban J connectivity index is 0.00000144. The summed E-state index contributed by atoms with van der Waals surface area (Å²) in [4.78, 5) is 14.2. The van der Waals surface area contributed by atoms with Gasteiger partial charge in [-0.15, -0.1) is 12.4 Å². The van der Waals surface area contributed by atoms with Crippen molar-refractivity contribution in [2.75, 3.05) is 19.6 Å². The molecule has 0 aliphatic carbocycles. The molecule has 0 aromatic carbocycles. The number of hydrogen-bond acceptors (Lipinski definition) is 2. The van der Waals surface area contributed by atoms with E-state index in [9.17, 15) is 4.79 Å². The average molecular weight is 261 g/mol. The van der Waals surface area contributed by atoms with E-state index in [1.54, 1.807) is 0 Å². The maximum Gasteiger partial charge on any atom is 0.223 e. The van der Waals surface area contributed by atoms with Crippen LogP contribution >= 0.6 is 12.4 Å². The first-order valence-corrected chi connectivity index (χ1v) is 6.61. The molecule has 0 bridgehead atoms. The second-order valence-corrected chi connectivity index (χ2v) is 5.86. The van der Waals surface area contributed by atoms with Gasteiger partial charge < -0.3 is 10.2 Å². The number of carbonyl (C=O) groups excluding carboxylic acids is 1. The quantitative estimate of drug-likeness (QED) is 0.844. The molecule has 2 saturated heterocycles. The molecule has 2 heterocycles. The number of nitrogens with zero attached hydrogens (tertiary/aromatic N) is 1. The molecule has 17 heavy (non-hydrogen) atoms. The van der Waals surface area contributed by atoms with Crippen LogP contribution in [0, 0.1) is 5.92 Å². The van der Waals surface area contributed by atoms with Crippen LogP contribution in [0.3, 0.4) is 0 Å². The molecule has 4 heteroatoms. The molecule has 2 fully saturated rings. The fraction of sp³-hybridized carbons (Fsp3) is 0.923. The van der Waals surface area contributed by atoms with Gasteiger partial charge in [-0.05, 0) is 58.5 Å². The smallest absolute Gasteiger partial charge is 0.223 e. The van der Waals surface area contributed by atoms with Gasteiger partial charge in [0.1, 0.15) is 0 Å². The van der Waals surface area contributed by atoms with Gasteiger partial charge in [0.05, 0.1) is 0 Å². The van der Waals surface area contributed by atoms with Gasteiger partial charge in [-0.1, -0.05) is 0 Å². The van der Waals surface area contributed by atoms with E-state index in [-0.39, 0.29) is 17.9 Å². The van der Waals surface area contributed by atoms with Gasteiger partial charge in [0.25, 0.3) is 0 Å². The Labute approximate surface area is 111 Å². The van der Waals surface area contributed by atoms with Crippen molar-refractivity contribution in [2.24, 2.45) is 5.92 Å². The van der Waals surface area contributed by atoms with Crippen LogP contribution in [-0.2, 0) is 4.79 Å². The third kappa shape index (κ3) is 3.59. The van der Waals surface area contributed by atoms with E-state index in [4.69, 9.17) is 0 Å². The van der Waals surface area contributed by atoms with E-state index in [2.05, 4.69) is 24.1 Å². The number of rotatable bonds is 3. The summed E-state index contributed by atoms with van der Waals surface area (Å²) in [5, 5.41) is 3.36. The molecule has 2 rings (SSSR count). The minimum absolute atomic E-state index is 0. The lowest BCUT2D eigenvalue weighted by Crippen LogP contribution is -2.42. The summed E-state index contributed by atoms with van der Waals surface area (Å²) < 4.78 is 0. The standard InChI is InChI=1S/C13H24N2O.ClH/c1-13(2)7-3-9-15(13)12(16)5-4-11-6-8-14-10-11;/h11,14H,3-10H2,1-2H3;1H. The number of likely N-dealkylation sites (tertiary alicyclic amines) is 1. The molecule has 1 N–H and O–H groups in total. The summed E-state index contributed by atoms with van der Waals surface area (Å²) in [6.07, 6.45) is 5.39. The molecule has 0 aromatic rings. The molecule has 0 spiro atoms. The van der Waals surface area contributed by atoms with E-state index in [1.165, 1.54) is 12.8 Å². The summed E-state index contributed by atoms with van der Waals surface area (Å²) >= 11 is 0. The highest BCUT2D eigenvalue weighted by Crippen LogP contribution is 2.29. The van der Waals surface area contributed by atoms with E-state index >= 15 is 0 Å². The zero-order valence-corrected chi connectivity index (χ0v) is 11.8. The van der Waals surface area contributed by atoms with Gasteiger partial charge in [-0.25, -0.2) is 0 Å². The third-order valence-corrected chi connectivity index (χ3v) is 4.13. The minimum Gasteiger partial charge on any atom is -0.338 e. The summed E-state index contributed by atoms with van der Waals surface area (Å²) in [6.45, 7) is 7.59. The van der Waals surface area contributed by atoms with Crippen molar-refractivity contribution in [3.63, 3.8) is 0 Å². The van der Waals surface area contributed by atoms with E-state index in [0.29, 0.717) is 5.91 Å². The van der Waals surface area contributed by atoms with Crippen LogP contribution in [-0.4, -0.2) is 36.0 Å². The first-order valence-electron chi connectivity index (χ1n) is 6.61. The number of amides is 1. The summed E-state index contributed by atoms with van der Waals surface area (Å²) in [5.41, 5.74) is 0.102. The normalized spacial score (nSPS) is 26.9. The van der Waals surface area contributed by atoms with Crippen molar-refractivity contribution in [3.8, 4) is 0 Å². The molecule has 1 amide bonds. The fourth-order valence-corrected chi connectivity index (χ4v) is 2.99. The largest absolute Gasteiger partial charge is 0.338 e. The summed E-state index contributed by atoms with van der Waals surface area (Å²) in [6, 6.07) is 0. The van der Waals surface area contributed by atoms with Crippen LogP contribution < -0.4 is 5.32 Å². The SMILES string of the molecule is CC1(C)CCCN1C(=O)CCC1CCNC1.Cl. The van der Waals surface area contributed by atoms with Crippen molar-refractivity contribution in [2.45, 2.75) is 51.5 Å². The van der Waals surface area contributed by atoms with Gasteiger partial charge in [-0.2, -0.15) is 0 Å². The molecule has 1 unspecified atom stereocenters. The van der Waals surface area contributed by atoms with Crippen LogP contribution in [0.1, 0.15) is 46.0 Å². The van der Waals surface area contributed by atoms with Crippen LogP contribution in [0.5, 0.6) is 0 Å². The monoisotopic (exact) mass is 260 g/mol. The Hall–Kier alpha value is -0.280. The molecule has 2 aliphatic rings. The Morgan fingerprint density at radius 3 is 2.76 bits per heavy atom. The number of halogens is 1. The first kappa shape index (κ1) is 14.8. The topological polar surface area (TPSA) is 32.3 Å². The van der Waals surface area contributed by atoms with E-state index in [1.807, 2.05) is 0 Å².